The summed E-state index contributed by atoms with van der Waals surface area (Å²) in [6, 6.07) is 13.4. The van der Waals surface area contributed by atoms with Gasteiger partial charge < -0.3 is 19.9 Å². The monoisotopic (exact) mass is 517 g/mol. The lowest BCUT2D eigenvalue weighted by atomic mass is 10.1. The van der Waals surface area contributed by atoms with Gasteiger partial charge in [-0.25, -0.2) is 14.2 Å². The molecule has 37 heavy (non-hydrogen) atoms. The third kappa shape index (κ3) is 6.25. The molecule has 2 aromatic carbocycles. The van der Waals surface area contributed by atoms with Gasteiger partial charge in [-0.3, -0.25) is 19.0 Å². The van der Waals surface area contributed by atoms with Crippen LogP contribution in [0.15, 0.2) is 64.2 Å². The number of nitrogen functional groups attached to an aromatic ring is 1. The van der Waals surface area contributed by atoms with Crippen LogP contribution in [0.2, 0.25) is 0 Å². The Morgan fingerprint density at radius 2 is 1.62 bits per heavy atom. The molecule has 1 heterocycles. The van der Waals surface area contributed by atoms with Crippen LogP contribution in [-0.2, 0) is 27.4 Å². The molecule has 3 aromatic rings. The molecule has 0 amide bonds. The van der Waals surface area contributed by atoms with Crippen LogP contribution < -0.4 is 21.7 Å². The summed E-state index contributed by atoms with van der Waals surface area (Å²) in [6.45, 7) is -5.19. The Bertz CT molecular complexity index is 1430. The standard InChI is InChI=1S/C24H21F2N3O8/c1-35-18(31)12-29-21(32)19(20(27)28(24(29)34)11-14-7-3-2-4-8-14)16(30)13-36-22(33)15-9-5-6-10-17(15)37-23(25)26/h2-10,23H,11-13,27H2,1H3. The number of rotatable bonds is 10. The number of hydrogen-bond donors (Lipinski definition) is 1. The zero-order valence-corrected chi connectivity index (χ0v) is 19.4. The van der Waals surface area contributed by atoms with Crippen LogP contribution in [-0.4, -0.2) is 47.2 Å². The zero-order valence-electron chi connectivity index (χ0n) is 19.4. The van der Waals surface area contributed by atoms with Crippen molar-refractivity contribution in [2.45, 2.75) is 19.7 Å². The maximum Gasteiger partial charge on any atom is 0.387 e. The Hall–Kier alpha value is -4.81. The molecule has 11 nitrogen and oxygen atoms in total. The molecule has 0 aliphatic rings. The van der Waals surface area contributed by atoms with E-state index >= 15 is 0 Å². The SMILES string of the molecule is COC(=O)Cn1c(=O)c(C(=O)COC(=O)c2ccccc2OC(F)F)c(N)n(Cc2ccccc2)c1=O. The average molecular weight is 517 g/mol. The third-order valence-corrected chi connectivity index (χ3v) is 5.10. The van der Waals surface area contributed by atoms with E-state index in [1.807, 2.05) is 0 Å². The second-order valence-corrected chi connectivity index (χ2v) is 7.46. The Morgan fingerprint density at radius 1 is 0.973 bits per heavy atom. The van der Waals surface area contributed by atoms with Crippen LogP contribution in [0, 0.1) is 0 Å². The number of para-hydroxylation sites is 1. The summed E-state index contributed by atoms with van der Waals surface area (Å²) in [6.07, 6.45) is 0. The zero-order chi connectivity index (χ0) is 27.1. The molecule has 0 saturated heterocycles. The molecule has 0 bridgehead atoms. The molecule has 0 aliphatic heterocycles. The molecule has 194 valence electrons. The number of alkyl halides is 2. The number of carbonyl (C=O) groups excluding carboxylic acids is 3. The molecule has 2 N–H and O–H groups in total. The van der Waals surface area contributed by atoms with E-state index in [-0.39, 0.29) is 12.1 Å². The number of halogens is 2. The summed E-state index contributed by atoms with van der Waals surface area (Å²) in [5, 5.41) is 0. The van der Waals surface area contributed by atoms with Crippen LogP contribution in [0.3, 0.4) is 0 Å². The summed E-state index contributed by atoms with van der Waals surface area (Å²) in [7, 11) is 1.05. The fourth-order valence-corrected chi connectivity index (χ4v) is 3.34. The molecule has 0 spiro atoms. The van der Waals surface area contributed by atoms with Crippen LogP contribution in [0.1, 0.15) is 26.3 Å². The number of nitrogens with two attached hydrogens (primary N) is 1. The number of nitrogens with zero attached hydrogens (tertiary/aromatic N) is 2. The molecular formula is C24H21F2N3O8. The van der Waals surface area contributed by atoms with Gasteiger partial charge in [0.2, 0.25) is 5.78 Å². The van der Waals surface area contributed by atoms with Gasteiger partial charge in [0.15, 0.2) is 6.61 Å². The van der Waals surface area contributed by atoms with Crippen LogP contribution >= 0.6 is 0 Å². The Balaban J connectivity index is 1.97. The average Bonchev–Trinajstić information content (AvgIpc) is 2.88. The number of aromatic nitrogens is 2. The van der Waals surface area contributed by atoms with Crippen LogP contribution in [0.5, 0.6) is 5.75 Å². The molecular weight excluding hydrogens is 496 g/mol. The minimum absolute atomic E-state index is 0.147. The first-order valence-electron chi connectivity index (χ1n) is 10.6. The Morgan fingerprint density at radius 3 is 2.27 bits per heavy atom. The topological polar surface area (TPSA) is 149 Å². The van der Waals surface area contributed by atoms with Crippen LogP contribution in [0.4, 0.5) is 14.6 Å². The first-order chi connectivity index (χ1) is 17.6. The lowest BCUT2D eigenvalue weighted by molar-refractivity contribution is -0.141. The lowest BCUT2D eigenvalue weighted by Gasteiger charge is -2.16. The van der Waals surface area contributed by atoms with Gasteiger partial charge in [0, 0.05) is 0 Å². The minimum Gasteiger partial charge on any atom is -0.468 e. The first kappa shape index (κ1) is 26.8. The highest BCUT2D eigenvalue weighted by Gasteiger charge is 2.26. The number of Topliss-reactive ketones (excluding diaryl/α,β-unsaturated/α-hetero) is 1. The largest absolute Gasteiger partial charge is 0.468 e. The molecule has 0 aliphatic carbocycles. The van der Waals surface area contributed by atoms with Gasteiger partial charge in [-0.05, 0) is 17.7 Å². The highest BCUT2D eigenvalue weighted by molar-refractivity contribution is 6.02. The summed E-state index contributed by atoms with van der Waals surface area (Å²) >= 11 is 0. The van der Waals surface area contributed by atoms with Gasteiger partial charge in [0.1, 0.15) is 29.2 Å². The normalized spacial score (nSPS) is 10.7. The van der Waals surface area contributed by atoms with Crippen molar-refractivity contribution < 1.29 is 37.4 Å². The predicted molar refractivity (Wildman–Crippen MR) is 125 cm³/mol. The van der Waals surface area contributed by atoms with E-state index in [1.54, 1.807) is 30.3 Å². The lowest BCUT2D eigenvalue weighted by Crippen LogP contribution is -2.46. The maximum atomic E-state index is 13.0. The van der Waals surface area contributed by atoms with Gasteiger partial charge in [0.25, 0.3) is 5.56 Å². The van der Waals surface area contributed by atoms with E-state index in [0.29, 0.717) is 10.1 Å². The van der Waals surface area contributed by atoms with Crippen molar-refractivity contribution in [3.63, 3.8) is 0 Å². The van der Waals surface area contributed by atoms with E-state index in [0.717, 1.165) is 23.8 Å². The van der Waals surface area contributed by atoms with Gasteiger partial charge in [-0.15, -0.1) is 0 Å². The van der Waals surface area contributed by atoms with Crippen molar-refractivity contribution in [2.24, 2.45) is 0 Å². The molecule has 0 saturated carbocycles. The molecule has 1 aromatic heterocycles. The first-order valence-corrected chi connectivity index (χ1v) is 10.6. The summed E-state index contributed by atoms with van der Waals surface area (Å²) in [5.41, 5.74) is 3.37. The highest BCUT2D eigenvalue weighted by Crippen LogP contribution is 2.21. The quantitative estimate of drug-likeness (QED) is 0.312. The number of carbonyl (C=O) groups is 3. The van der Waals surface area contributed by atoms with E-state index in [9.17, 15) is 32.8 Å². The Labute approximate surface area is 207 Å². The fraction of sp³-hybridized carbons (Fsp3) is 0.208. The number of ketones is 1. The second kappa shape index (κ2) is 11.7. The van der Waals surface area contributed by atoms with Gasteiger partial charge >= 0.3 is 24.2 Å². The van der Waals surface area contributed by atoms with Crippen molar-refractivity contribution in [2.75, 3.05) is 19.5 Å². The number of hydrogen-bond acceptors (Lipinski definition) is 9. The number of ether oxygens (including phenoxy) is 3. The van der Waals surface area contributed by atoms with Crippen molar-refractivity contribution in [3.8, 4) is 5.75 Å². The van der Waals surface area contributed by atoms with E-state index in [1.165, 1.54) is 12.1 Å². The van der Waals surface area contributed by atoms with Crippen molar-refractivity contribution in [1.82, 2.24) is 9.13 Å². The summed E-state index contributed by atoms with van der Waals surface area (Å²) in [5.74, 6) is -4.20. The number of anilines is 1. The molecule has 0 atom stereocenters. The van der Waals surface area contributed by atoms with E-state index < -0.39 is 65.9 Å². The van der Waals surface area contributed by atoms with Gasteiger partial charge in [-0.2, -0.15) is 8.78 Å². The predicted octanol–water partition coefficient (Wildman–Crippen LogP) is 1.45. The second-order valence-electron chi connectivity index (χ2n) is 7.46. The van der Waals surface area contributed by atoms with Crippen molar-refractivity contribution in [3.05, 3.63) is 92.1 Å². The fourth-order valence-electron chi connectivity index (χ4n) is 3.34. The molecule has 3 rings (SSSR count). The Kier molecular flexibility index (Phi) is 8.51. The molecule has 0 fully saturated rings. The number of esters is 2. The van der Waals surface area contributed by atoms with Crippen molar-refractivity contribution in [1.29, 1.82) is 0 Å². The smallest absolute Gasteiger partial charge is 0.387 e. The summed E-state index contributed by atoms with van der Waals surface area (Å²) in [4.78, 5) is 63.2. The summed E-state index contributed by atoms with van der Waals surface area (Å²) < 4.78 is 40.4. The van der Waals surface area contributed by atoms with E-state index in [4.69, 9.17) is 10.5 Å². The van der Waals surface area contributed by atoms with E-state index in [2.05, 4.69) is 9.47 Å². The molecule has 0 radical (unpaired) electrons. The minimum atomic E-state index is -3.21. The number of methoxy groups -OCH3 is 1. The van der Waals surface area contributed by atoms with Crippen LogP contribution in [0.25, 0.3) is 0 Å². The third-order valence-electron chi connectivity index (χ3n) is 5.10. The van der Waals surface area contributed by atoms with Gasteiger partial charge in [0.05, 0.1) is 13.7 Å². The molecule has 13 heteroatoms. The van der Waals surface area contributed by atoms with Gasteiger partial charge in [-0.1, -0.05) is 42.5 Å². The maximum absolute atomic E-state index is 13.0. The van der Waals surface area contributed by atoms with Crippen molar-refractivity contribution >= 4 is 23.5 Å². The number of benzene rings is 2. The highest BCUT2D eigenvalue weighted by atomic mass is 19.3. The molecule has 0 unspecified atom stereocenters.